The predicted octanol–water partition coefficient (Wildman–Crippen LogP) is 1.61. The molecule has 0 unspecified atom stereocenters. The van der Waals surface area contributed by atoms with Gasteiger partial charge in [-0.3, -0.25) is 4.79 Å². The summed E-state index contributed by atoms with van der Waals surface area (Å²) in [4.78, 5) is 11.8. The van der Waals surface area contributed by atoms with Crippen LogP contribution in [0.5, 0.6) is 5.95 Å². The lowest BCUT2D eigenvalue weighted by atomic mass is 10.3. The van der Waals surface area contributed by atoms with Gasteiger partial charge >= 0.3 is 0 Å². The van der Waals surface area contributed by atoms with Crippen molar-refractivity contribution in [3.8, 4) is 5.95 Å². The lowest BCUT2D eigenvalue weighted by Gasteiger charge is -2.07. The molecular weight excluding hydrogens is 325 g/mol. The Morgan fingerprint density at radius 3 is 2.95 bits per heavy atom. The van der Waals surface area contributed by atoms with E-state index in [1.165, 1.54) is 4.68 Å². The van der Waals surface area contributed by atoms with Crippen molar-refractivity contribution in [2.45, 2.75) is 5.03 Å². The van der Waals surface area contributed by atoms with Gasteiger partial charge in [-0.25, -0.2) is 0 Å². The molecule has 0 atom stereocenters. The number of hydrogen-bond acceptors (Lipinski definition) is 5. The summed E-state index contributed by atoms with van der Waals surface area (Å²) in [7, 11) is 1.55. The number of halogens is 2. The smallest absolute Gasteiger partial charge is 0.291 e. The van der Waals surface area contributed by atoms with Crippen molar-refractivity contribution in [1.29, 1.82) is 0 Å². The molecule has 0 saturated carbocycles. The highest BCUT2D eigenvalue weighted by molar-refractivity contribution is 7.99. The van der Waals surface area contributed by atoms with Gasteiger partial charge in [0, 0.05) is 0 Å². The fourth-order valence-electron chi connectivity index (χ4n) is 1.38. The summed E-state index contributed by atoms with van der Waals surface area (Å²) < 4.78 is 5.72. The molecule has 0 aliphatic heterocycles. The first-order chi connectivity index (χ1) is 9.49. The first kappa shape index (κ1) is 15.0. The van der Waals surface area contributed by atoms with Crippen molar-refractivity contribution in [2.75, 3.05) is 11.1 Å². The Kier molecular flexibility index (Phi) is 4.74. The van der Waals surface area contributed by atoms with E-state index in [1.807, 2.05) is 0 Å². The Bertz CT molecular complexity index is 628. The van der Waals surface area contributed by atoms with Crippen LogP contribution in [0.25, 0.3) is 0 Å². The zero-order valence-electron chi connectivity index (χ0n) is 10.2. The van der Waals surface area contributed by atoms with Gasteiger partial charge < -0.3 is 14.9 Å². The van der Waals surface area contributed by atoms with Crippen LogP contribution >= 0.6 is 35.0 Å². The molecule has 20 heavy (non-hydrogen) atoms. The standard InChI is InChI=1S/C11H9Cl2N3O3S/c1-16-10(11(18)19-15-16)20-5-8(17)14-7-4-2-3-6(12)9(7)13/h2-4H,5H2,1H3,(H-,14,15,17,18). The molecule has 1 aromatic heterocycles. The molecule has 0 radical (unpaired) electrons. The summed E-state index contributed by atoms with van der Waals surface area (Å²) in [6.45, 7) is 0. The van der Waals surface area contributed by atoms with Crippen LogP contribution in [0.15, 0.2) is 27.7 Å². The van der Waals surface area contributed by atoms with Crippen molar-refractivity contribution in [3.63, 3.8) is 0 Å². The predicted molar refractivity (Wildman–Crippen MR) is 72.9 cm³/mol. The van der Waals surface area contributed by atoms with E-state index in [9.17, 15) is 9.90 Å². The van der Waals surface area contributed by atoms with Gasteiger partial charge in [0.15, 0.2) is 13.0 Å². The highest BCUT2D eigenvalue weighted by Crippen LogP contribution is 2.30. The molecule has 0 fully saturated rings. The molecule has 1 amide bonds. The average molecular weight is 334 g/mol. The van der Waals surface area contributed by atoms with Crippen molar-refractivity contribution >= 4 is 46.6 Å². The van der Waals surface area contributed by atoms with Crippen molar-refractivity contribution < 1.29 is 19.1 Å². The number of hydrogen-bond donors (Lipinski definition) is 1. The van der Waals surface area contributed by atoms with E-state index < -0.39 is 5.95 Å². The molecule has 9 heteroatoms. The van der Waals surface area contributed by atoms with Crippen LogP contribution in [0.3, 0.4) is 0 Å². The molecule has 1 N–H and O–H groups in total. The van der Waals surface area contributed by atoms with E-state index in [0.29, 0.717) is 10.7 Å². The topological polar surface area (TPSA) is 82.1 Å². The van der Waals surface area contributed by atoms with Crippen molar-refractivity contribution in [2.24, 2.45) is 7.05 Å². The van der Waals surface area contributed by atoms with E-state index in [4.69, 9.17) is 23.2 Å². The number of benzene rings is 1. The van der Waals surface area contributed by atoms with Gasteiger partial charge in [-0.15, -0.1) is 0 Å². The summed E-state index contributed by atoms with van der Waals surface area (Å²) in [5, 5.41) is 18.2. The summed E-state index contributed by atoms with van der Waals surface area (Å²) in [5.41, 5.74) is 0.418. The van der Waals surface area contributed by atoms with Gasteiger partial charge in [0.1, 0.15) is 0 Å². The molecule has 0 aliphatic rings. The van der Waals surface area contributed by atoms with Crippen LogP contribution in [0, 0.1) is 0 Å². The number of aryl methyl sites for hydroxylation is 1. The Morgan fingerprint density at radius 2 is 2.30 bits per heavy atom. The fourth-order valence-corrected chi connectivity index (χ4v) is 2.44. The minimum atomic E-state index is -0.578. The highest BCUT2D eigenvalue weighted by atomic mass is 35.5. The van der Waals surface area contributed by atoms with Crippen LogP contribution in [0.4, 0.5) is 5.69 Å². The Morgan fingerprint density at radius 1 is 1.55 bits per heavy atom. The largest absolute Gasteiger partial charge is 0.538 e. The molecule has 1 aromatic carbocycles. The van der Waals surface area contributed by atoms with Crippen LogP contribution in [-0.2, 0) is 11.8 Å². The van der Waals surface area contributed by atoms with Crippen LogP contribution in [0.1, 0.15) is 0 Å². The first-order valence-electron chi connectivity index (χ1n) is 5.38. The maximum absolute atomic E-state index is 11.8. The highest BCUT2D eigenvalue weighted by Gasteiger charge is 2.16. The minimum Gasteiger partial charge on any atom is -0.538 e. The van der Waals surface area contributed by atoms with E-state index in [2.05, 4.69) is 15.1 Å². The van der Waals surface area contributed by atoms with Crippen molar-refractivity contribution in [1.82, 2.24) is 5.27 Å². The third-order valence-electron chi connectivity index (χ3n) is 2.28. The summed E-state index contributed by atoms with van der Waals surface area (Å²) in [5.74, 6) is -0.876. The third-order valence-corrected chi connectivity index (χ3v) is 4.21. The van der Waals surface area contributed by atoms with Crippen molar-refractivity contribution in [3.05, 3.63) is 28.2 Å². The molecular formula is C11H9Cl2N3O3S. The maximum Gasteiger partial charge on any atom is 0.291 e. The SMILES string of the molecule is C[n+]1noc([O-])c1SCC(=O)Nc1cccc(Cl)c1Cl. The lowest BCUT2D eigenvalue weighted by molar-refractivity contribution is -0.772. The van der Waals surface area contributed by atoms with Gasteiger partial charge in [-0.1, -0.05) is 34.0 Å². The number of nitrogens with one attached hydrogen (secondary N) is 1. The molecule has 0 bridgehead atoms. The second-order valence-electron chi connectivity index (χ2n) is 3.73. The van der Waals surface area contributed by atoms with E-state index in [-0.39, 0.29) is 21.7 Å². The first-order valence-corrected chi connectivity index (χ1v) is 7.13. The molecule has 1 heterocycles. The number of amides is 1. The van der Waals surface area contributed by atoms with E-state index in [1.54, 1.807) is 25.2 Å². The number of thioether (sulfide) groups is 1. The normalized spacial score (nSPS) is 10.6. The average Bonchev–Trinajstić information content (AvgIpc) is 2.72. The molecule has 2 rings (SSSR count). The summed E-state index contributed by atoms with van der Waals surface area (Å²) in [6, 6.07) is 4.93. The molecule has 0 spiro atoms. The number of rotatable bonds is 4. The number of nitrogens with zero attached hydrogens (tertiary/aromatic N) is 2. The number of anilines is 1. The molecule has 0 saturated heterocycles. The molecule has 6 nitrogen and oxygen atoms in total. The quantitative estimate of drug-likeness (QED) is 0.679. The van der Waals surface area contributed by atoms with Gasteiger partial charge in [0.25, 0.3) is 5.03 Å². The van der Waals surface area contributed by atoms with E-state index in [0.717, 1.165) is 11.8 Å². The third kappa shape index (κ3) is 3.36. The zero-order chi connectivity index (χ0) is 14.7. The van der Waals surface area contributed by atoms with Crippen LogP contribution < -0.4 is 15.1 Å². The number of carbonyl (C=O) groups is 1. The molecule has 0 aliphatic carbocycles. The molecule has 106 valence electrons. The Hall–Kier alpha value is -1.44. The second-order valence-corrected chi connectivity index (χ2v) is 5.48. The maximum atomic E-state index is 11.8. The molecule has 2 aromatic rings. The van der Waals surface area contributed by atoms with Gasteiger partial charge in [-0.2, -0.15) is 0 Å². The summed E-state index contributed by atoms with van der Waals surface area (Å²) in [6.07, 6.45) is 0. The zero-order valence-corrected chi connectivity index (χ0v) is 12.6. The second kappa shape index (κ2) is 6.34. The summed E-state index contributed by atoms with van der Waals surface area (Å²) >= 11 is 12.8. The lowest BCUT2D eigenvalue weighted by Crippen LogP contribution is -2.32. The fraction of sp³-hybridized carbons (Fsp3) is 0.182. The van der Waals surface area contributed by atoms with Gasteiger partial charge in [-0.05, 0) is 23.9 Å². The van der Waals surface area contributed by atoms with Gasteiger partial charge in [0.2, 0.25) is 5.91 Å². The minimum absolute atomic E-state index is 0.0210. The van der Waals surface area contributed by atoms with Crippen LogP contribution in [-0.4, -0.2) is 16.9 Å². The monoisotopic (exact) mass is 333 g/mol. The van der Waals surface area contributed by atoms with E-state index >= 15 is 0 Å². The Labute approximate surface area is 128 Å². The van der Waals surface area contributed by atoms with Gasteiger partial charge in [0.05, 0.1) is 26.8 Å². The van der Waals surface area contributed by atoms with Crippen LogP contribution in [0.2, 0.25) is 10.0 Å². The Balaban J connectivity index is 1.98. The number of aromatic nitrogens is 2. The number of carbonyl (C=O) groups excluding carboxylic acids is 1.